The van der Waals surface area contributed by atoms with Crippen LogP contribution in [0, 0.1) is 0 Å². The van der Waals surface area contributed by atoms with Crippen molar-refractivity contribution in [1.82, 2.24) is 0 Å². The van der Waals surface area contributed by atoms with Crippen molar-refractivity contribution in [1.29, 1.82) is 0 Å². The summed E-state index contributed by atoms with van der Waals surface area (Å²) >= 11 is 0. The quantitative estimate of drug-likeness (QED) is 0.748. The Morgan fingerprint density at radius 2 is 1.69 bits per heavy atom. The number of rotatable bonds is 3. The summed E-state index contributed by atoms with van der Waals surface area (Å²) in [4.78, 5) is 11.0. The van der Waals surface area contributed by atoms with Crippen LogP contribution in [0.2, 0.25) is 0 Å². The summed E-state index contributed by atoms with van der Waals surface area (Å²) in [5.74, 6) is 0.285. The van der Waals surface area contributed by atoms with Gasteiger partial charge in [-0.1, -0.05) is 6.07 Å². The first-order valence-corrected chi connectivity index (χ1v) is 3.71. The summed E-state index contributed by atoms with van der Waals surface area (Å²) in [6, 6.07) is 5.04. The van der Waals surface area contributed by atoms with Crippen LogP contribution < -0.4 is 15.2 Å². The minimum Gasteiger partial charge on any atom is -0.496 e. The maximum atomic E-state index is 11.0. The van der Waals surface area contributed by atoms with E-state index in [2.05, 4.69) is 0 Å². The summed E-state index contributed by atoms with van der Waals surface area (Å²) in [6.45, 7) is 0. The molecule has 4 heteroatoms. The number of ether oxygens (including phenoxy) is 2. The molecule has 0 atom stereocenters. The average Bonchev–Trinajstić information content (AvgIpc) is 2.16. The van der Waals surface area contributed by atoms with Crippen molar-refractivity contribution in [2.24, 2.45) is 5.73 Å². The summed E-state index contributed by atoms with van der Waals surface area (Å²) in [5.41, 5.74) is 5.44. The van der Waals surface area contributed by atoms with Crippen molar-refractivity contribution in [2.45, 2.75) is 0 Å². The zero-order valence-corrected chi connectivity index (χ0v) is 7.53. The van der Waals surface area contributed by atoms with E-state index in [1.165, 1.54) is 14.2 Å². The first-order chi connectivity index (χ1) is 6.20. The predicted octanol–water partition coefficient (Wildman–Crippen LogP) is 0.803. The molecular weight excluding hydrogens is 169 g/mol. The molecule has 0 saturated carbocycles. The van der Waals surface area contributed by atoms with Crippen molar-refractivity contribution in [2.75, 3.05) is 14.2 Å². The summed E-state index contributed by atoms with van der Waals surface area (Å²) in [5, 5.41) is 0. The number of methoxy groups -OCH3 is 2. The maximum absolute atomic E-state index is 11.0. The van der Waals surface area contributed by atoms with Gasteiger partial charge < -0.3 is 15.2 Å². The number of amides is 1. The van der Waals surface area contributed by atoms with E-state index in [1.54, 1.807) is 18.2 Å². The highest BCUT2D eigenvalue weighted by Crippen LogP contribution is 2.27. The largest absolute Gasteiger partial charge is 0.496 e. The van der Waals surface area contributed by atoms with Crippen molar-refractivity contribution in [3.05, 3.63) is 23.8 Å². The number of benzene rings is 1. The fourth-order valence-corrected chi connectivity index (χ4v) is 1.09. The molecule has 13 heavy (non-hydrogen) atoms. The van der Waals surface area contributed by atoms with Crippen molar-refractivity contribution >= 4 is 5.91 Å². The maximum Gasteiger partial charge on any atom is 0.256 e. The molecule has 1 aromatic rings. The van der Waals surface area contributed by atoms with Crippen LogP contribution in [-0.4, -0.2) is 20.1 Å². The monoisotopic (exact) mass is 180 g/mol. The molecule has 1 amide bonds. The van der Waals surface area contributed by atoms with Crippen LogP contribution in [0.1, 0.15) is 10.4 Å². The Kier molecular flexibility index (Phi) is 2.74. The van der Waals surface area contributed by atoms with Gasteiger partial charge in [-0.2, -0.15) is 0 Å². The Balaban J connectivity index is 3.29. The third-order valence-electron chi connectivity index (χ3n) is 1.67. The molecular formula is C9H11NO3. The van der Waals surface area contributed by atoms with E-state index in [9.17, 15) is 4.79 Å². The van der Waals surface area contributed by atoms with Crippen molar-refractivity contribution in [3.8, 4) is 11.5 Å². The Hall–Kier alpha value is -1.71. The van der Waals surface area contributed by atoms with E-state index in [0.717, 1.165) is 0 Å². The molecule has 0 bridgehead atoms. The zero-order chi connectivity index (χ0) is 9.84. The Bertz CT molecular complexity index is 300. The second-order valence-electron chi connectivity index (χ2n) is 2.40. The van der Waals surface area contributed by atoms with Crippen LogP contribution in [0.25, 0.3) is 0 Å². The number of hydrogen-bond acceptors (Lipinski definition) is 3. The van der Waals surface area contributed by atoms with Crippen LogP contribution in [0.5, 0.6) is 11.5 Å². The van der Waals surface area contributed by atoms with Gasteiger partial charge in [0.2, 0.25) is 0 Å². The first-order valence-electron chi connectivity index (χ1n) is 3.71. The SMILES string of the molecule is COc1cccc(OC)c1[11C](N)=O. The lowest BCUT2D eigenvalue weighted by Crippen LogP contribution is -2.13. The summed E-state index contributed by atoms with van der Waals surface area (Å²) in [7, 11) is 2.95. The standard InChI is InChI=1S/C9H11NO3/c1-12-6-4-3-5-7(13-2)8(6)9(10)11/h3-5H,1-2H3,(H2,10,11)/i9-1. The van der Waals surface area contributed by atoms with Gasteiger partial charge in [-0.05, 0) is 12.1 Å². The summed E-state index contributed by atoms with van der Waals surface area (Å²) in [6.07, 6.45) is 0. The summed E-state index contributed by atoms with van der Waals surface area (Å²) < 4.78 is 9.94. The van der Waals surface area contributed by atoms with Crippen LogP contribution in [0.4, 0.5) is 0 Å². The zero-order valence-electron chi connectivity index (χ0n) is 7.53. The van der Waals surface area contributed by atoms with E-state index in [1.807, 2.05) is 0 Å². The highest BCUT2D eigenvalue weighted by molar-refractivity contribution is 5.98. The van der Waals surface area contributed by atoms with Gasteiger partial charge in [-0.15, -0.1) is 0 Å². The second-order valence-corrected chi connectivity index (χ2v) is 2.40. The van der Waals surface area contributed by atoms with Crippen molar-refractivity contribution < 1.29 is 14.3 Å². The van der Waals surface area contributed by atoms with Gasteiger partial charge in [0.25, 0.3) is 5.91 Å². The minimum atomic E-state index is -0.561. The lowest BCUT2D eigenvalue weighted by Gasteiger charge is -2.09. The molecule has 0 aliphatic heterocycles. The number of carbonyl (C=O) groups is 1. The van der Waals surface area contributed by atoms with Crippen LogP contribution in [0.15, 0.2) is 18.2 Å². The van der Waals surface area contributed by atoms with Gasteiger partial charge in [-0.25, -0.2) is 0 Å². The van der Waals surface area contributed by atoms with E-state index in [4.69, 9.17) is 15.2 Å². The molecule has 0 aliphatic rings. The number of primary amides is 1. The van der Waals surface area contributed by atoms with Crippen molar-refractivity contribution in [3.63, 3.8) is 0 Å². The molecule has 0 aromatic heterocycles. The molecule has 1 aromatic carbocycles. The Morgan fingerprint density at radius 3 is 2.00 bits per heavy atom. The fraction of sp³-hybridized carbons (Fsp3) is 0.222. The molecule has 0 radical (unpaired) electrons. The molecule has 0 aliphatic carbocycles. The van der Waals surface area contributed by atoms with E-state index < -0.39 is 5.91 Å². The average molecular weight is 180 g/mol. The number of hydrogen-bond donors (Lipinski definition) is 1. The van der Waals surface area contributed by atoms with Gasteiger partial charge in [-0.3, -0.25) is 4.79 Å². The number of nitrogens with two attached hydrogens (primary N) is 1. The molecule has 0 saturated heterocycles. The Labute approximate surface area is 76.3 Å². The van der Waals surface area contributed by atoms with E-state index in [0.29, 0.717) is 11.5 Å². The van der Waals surface area contributed by atoms with Gasteiger partial charge in [0.05, 0.1) is 14.2 Å². The first kappa shape index (κ1) is 9.38. The smallest absolute Gasteiger partial charge is 0.256 e. The van der Waals surface area contributed by atoms with Crippen LogP contribution in [-0.2, 0) is 0 Å². The molecule has 0 unspecified atom stereocenters. The lowest BCUT2D eigenvalue weighted by molar-refractivity contribution is 0.0994. The molecule has 1 rings (SSSR count). The molecule has 0 spiro atoms. The molecule has 4 nitrogen and oxygen atoms in total. The Morgan fingerprint density at radius 1 is 1.23 bits per heavy atom. The number of carbonyl (C=O) groups excluding carboxylic acids is 1. The van der Waals surface area contributed by atoms with E-state index in [-0.39, 0.29) is 5.56 Å². The predicted molar refractivity (Wildman–Crippen MR) is 48.1 cm³/mol. The van der Waals surface area contributed by atoms with Gasteiger partial charge >= 0.3 is 0 Å². The molecule has 70 valence electrons. The van der Waals surface area contributed by atoms with Crippen LogP contribution in [0.3, 0.4) is 0 Å². The van der Waals surface area contributed by atoms with E-state index >= 15 is 0 Å². The second kappa shape index (κ2) is 3.80. The topological polar surface area (TPSA) is 61.6 Å². The highest BCUT2D eigenvalue weighted by atomic mass is 16.5. The van der Waals surface area contributed by atoms with Crippen LogP contribution >= 0.6 is 0 Å². The lowest BCUT2D eigenvalue weighted by atomic mass is 9.88. The molecule has 2 N–H and O–H groups in total. The molecule has 0 heterocycles. The van der Waals surface area contributed by atoms with Gasteiger partial charge in [0, 0.05) is 0 Å². The highest BCUT2D eigenvalue weighted by Gasteiger charge is 2.14. The van der Waals surface area contributed by atoms with Gasteiger partial charge in [0.1, 0.15) is 17.1 Å². The third-order valence-corrected chi connectivity index (χ3v) is 1.67. The fourth-order valence-electron chi connectivity index (χ4n) is 1.09. The third kappa shape index (κ3) is 1.72. The minimum absolute atomic E-state index is 0.271. The normalized spacial score (nSPS) is 9.38. The molecule has 0 fully saturated rings. The van der Waals surface area contributed by atoms with Gasteiger partial charge in [0.15, 0.2) is 0 Å².